The fraction of sp³-hybridized carbons (Fsp3) is 0.471. The van der Waals surface area contributed by atoms with Gasteiger partial charge in [-0.1, -0.05) is 31.1 Å². The largest absolute Gasteiger partial charge is 0.385 e. The van der Waals surface area contributed by atoms with Gasteiger partial charge in [-0.15, -0.1) is 0 Å². The highest BCUT2D eigenvalue weighted by Crippen LogP contribution is 2.23. The Bertz CT molecular complexity index is 754. The Morgan fingerprint density at radius 3 is 2.64 bits per heavy atom. The second-order valence-corrected chi connectivity index (χ2v) is 5.60. The number of amides is 1. The first kappa shape index (κ1) is 18.8. The molecule has 6 nitrogen and oxygen atoms in total. The van der Waals surface area contributed by atoms with E-state index in [0.717, 1.165) is 17.4 Å². The topological polar surface area (TPSA) is 68.5 Å². The number of oxime groups is 1. The lowest BCUT2D eigenvalue weighted by molar-refractivity contribution is -0.126. The van der Waals surface area contributed by atoms with E-state index in [4.69, 9.17) is 4.84 Å². The average Bonchev–Trinajstić information content (AvgIpc) is 2.99. The molecule has 8 heteroatoms. The molecule has 0 aliphatic rings. The zero-order valence-corrected chi connectivity index (χ0v) is 14.5. The highest BCUT2D eigenvalue weighted by atomic mass is 19.3. The van der Waals surface area contributed by atoms with Crippen molar-refractivity contribution in [3.63, 3.8) is 0 Å². The van der Waals surface area contributed by atoms with Gasteiger partial charge in [0, 0.05) is 6.04 Å². The predicted octanol–water partition coefficient (Wildman–Crippen LogP) is 3.48. The van der Waals surface area contributed by atoms with Gasteiger partial charge in [0.2, 0.25) is 0 Å². The molecule has 1 heterocycles. The standard InChI is InChI=1S/C17H22F2N4O2/c1-4-12(5-2)20-15(24)10-25-22-11(3)16-21-13-8-6-7-9-14(13)23(16)17(18)19/h6-9,12,17H,4-5,10H2,1-3H3,(H,20,24)/b22-11+. The number of benzene rings is 1. The van der Waals surface area contributed by atoms with Crippen LogP contribution < -0.4 is 5.32 Å². The van der Waals surface area contributed by atoms with Crippen molar-refractivity contribution in [3.05, 3.63) is 30.1 Å². The summed E-state index contributed by atoms with van der Waals surface area (Å²) in [5, 5.41) is 6.58. The van der Waals surface area contributed by atoms with Crippen LogP contribution in [0.15, 0.2) is 29.4 Å². The van der Waals surface area contributed by atoms with E-state index in [1.807, 2.05) is 13.8 Å². The van der Waals surface area contributed by atoms with Crippen molar-refractivity contribution < 1.29 is 18.4 Å². The van der Waals surface area contributed by atoms with Crippen molar-refractivity contribution in [1.29, 1.82) is 0 Å². The van der Waals surface area contributed by atoms with E-state index in [9.17, 15) is 13.6 Å². The summed E-state index contributed by atoms with van der Waals surface area (Å²) in [6.07, 6.45) is 1.64. The lowest BCUT2D eigenvalue weighted by Crippen LogP contribution is -2.36. The van der Waals surface area contributed by atoms with E-state index < -0.39 is 6.55 Å². The van der Waals surface area contributed by atoms with Gasteiger partial charge in [-0.05, 0) is 31.9 Å². The van der Waals surface area contributed by atoms with Crippen LogP contribution in [-0.2, 0) is 9.63 Å². The molecule has 0 fully saturated rings. The first-order valence-electron chi connectivity index (χ1n) is 8.19. The summed E-state index contributed by atoms with van der Waals surface area (Å²) >= 11 is 0. The molecule has 2 aromatic rings. The third-order valence-corrected chi connectivity index (χ3v) is 3.86. The zero-order valence-electron chi connectivity index (χ0n) is 14.5. The fourth-order valence-corrected chi connectivity index (χ4v) is 2.49. The molecule has 0 atom stereocenters. The van der Waals surface area contributed by atoms with Crippen molar-refractivity contribution in [1.82, 2.24) is 14.9 Å². The number of halogens is 2. The highest BCUT2D eigenvalue weighted by molar-refractivity contribution is 5.98. The Hall–Kier alpha value is -2.51. The van der Waals surface area contributed by atoms with Gasteiger partial charge in [-0.3, -0.25) is 9.36 Å². The van der Waals surface area contributed by atoms with Gasteiger partial charge in [0.1, 0.15) is 5.71 Å². The Morgan fingerprint density at radius 1 is 1.32 bits per heavy atom. The minimum atomic E-state index is -2.76. The number of carbonyl (C=O) groups is 1. The molecular formula is C17H22F2N4O2. The van der Waals surface area contributed by atoms with Crippen LogP contribution in [0.5, 0.6) is 0 Å². The number of rotatable bonds is 8. The van der Waals surface area contributed by atoms with E-state index in [1.165, 1.54) is 6.92 Å². The number of fused-ring (bicyclic) bond motifs is 1. The molecule has 0 saturated heterocycles. The predicted molar refractivity (Wildman–Crippen MR) is 91.7 cm³/mol. The van der Waals surface area contributed by atoms with Crippen LogP contribution in [0, 0.1) is 0 Å². The molecular weight excluding hydrogens is 330 g/mol. The van der Waals surface area contributed by atoms with Crippen LogP contribution in [0.3, 0.4) is 0 Å². The molecule has 1 N–H and O–H groups in total. The van der Waals surface area contributed by atoms with Gasteiger partial charge in [-0.25, -0.2) is 4.98 Å². The highest BCUT2D eigenvalue weighted by Gasteiger charge is 2.19. The van der Waals surface area contributed by atoms with Crippen molar-refractivity contribution in [2.75, 3.05) is 6.61 Å². The van der Waals surface area contributed by atoms with Gasteiger partial charge < -0.3 is 10.2 Å². The molecule has 0 saturated carbocycles. The molecule has 136 valence electrons. The van der Waals surface area contributed by atoms with Crippen LogP contribution in [-0.4, -0.2) is 33.8 Å². The first-order valence-corrected chi connectivity index (χ1v) is 8.19. The second-order valence-electron chi connectivity index (χ2n) is 5.60. The monoisotopic (exact) mass is 352 g/mol. The van der Waals surface area contributed by atoms with Gasteiger partial charge in [0.15, 0.2) is 12.4 Å². The number of hydrogen-bond acceptors (Lipinski definition) is 4. The van der Waals surface area contributed by atoms with Crippen LogP contribution in [0.1, 0.15) is 46.0 Å². The molecule has 1 aromatic carbocycles. The fourth-order valence-electron chi connectivity index (χ4n) is 2.49. The third-order valence-electron chi connectivity index (χ3n) is 3.86. The molecule has 0 aliphatic heterocycles. The molecule has 0 bridgehead atoms. The lowest BCUT2D eigenvalue weighted by Gasteiger charge is -2.13. The summed E-state index contributed by atoms with van der Waals surface area (Å²) in [6.45, 7) is 2.44. The van der Waals surface area contributed by atoms with E-state index in [1.54, 1.807) is 24.3 Å². The number of imidazole rings is 1. The molecule has 25 heavy (non-hydrogen) atoms. The van der Waals surface area contributed by atoms with Gasteiger partial charge in [0.05, 0.1) is 11.0 Å². The Morgan fingerprint density at radius 2 is 2.00 bits per heavy atom. The van der Waals surface area contributed by atoms with Crippen molar-refractivity contribution >= 4 is 22.7 Å². The van der Waals surface area contributed by atoms with Crippen LogP contribution in [0.2, 0.25) is 0 Å². The quantitative estimate of drug-likeness (QED) is 0.584. The van der Waals surface area contributed by atoms with E-state index >= 15 is 0 Å². The lowest BCUT2D eigenvalue weighted by atomic mass is 10.2. The molecule has 1 aromatic heterocycles. The number of para-hydroxylation sites is 2. The Labute approximate surface area is 144 Å². The van der Waals surface area contributed by atoms with E-state index in [0.29, 0.717) is 11.0 Å². The van der Waals surface area contributed by atoms with Gasteiger partial charge >= 0.3 is 6.55 Å². The minimum Gasteiger partial charge on any atom is -0.385 e. The second kappa shape index (κ2) is 8.55. The summed E-state index contributed by atoms with van der Waals surface area (Å²) < 4.78 is 27.6. The van der Waals surface area contributed by atoms with E-state index in [2.05, 4.69) is 15.5 Å². The summed E-state index contributed by atoms with van der Waals surface area (Å²) in [7, 11) is 0. The van der Waals surface area contributed by atoms with Crippen LogP contribution in [0.25, 0.3) is 11.0 Å². The molecule has 2 rings (SSSR count). The average molecular weight is 352 g/mol. The van der Waals surface area contributed by atoms with Crippen molar-refractivity contribution in [2.24, 2.45) is 5.16 Å². The number of alkyl halides is 2. The summed E-state index contributed by atoms with van der Waals surface area (Å²) in [5.41, 5.74) is 0.930. The molecule has 1 amide bonds. The molecule has 0 aliphatic carbocycles. The SMILES string of the molecule is CCC(CC)NC(=O)CO/N=C(\C)c1nc2ccccc2n1C(F)F. The number of aromatic nitrogens is 2. The summed E-state index contributed by atoms with van der Waals surface area (Å²) in [6, 6.07) is 6.69. The first-order chi connectivity index (χ1) is 12.0. The number of nitrogens with one attached hydrogen (secondary N) is 1. The third kappa shape index (κ3) is 4.52. The number of carbonyl (C=O) groups excluding carboxylic acids is 1. The Balaban J connectivity index is 2.11. The minimum absolute atomic E-state index is 0.0107. The Kier molecular flexibility index (Phi) is 6.44. The van der Waals surface area contributed by atoms with E-state index in [-0.39, 0.29) is 30.1 Å². The van der Waals surface area contributed by atoms with Crippen LogP contribution in [0.4, 0.5) is 8.78 Å². The molecule has 0 unspecified atom stereocenters. The summed E-state index contributed by atoms with van der Waals surface area (Å²) in [4.78, 5) is 20.9. The van der Waals surface area contributed by atoms with Gasteiger partial charge in [-0.2, -0.15) is 8.78 Å². The maximum atomic E-state index is 13.4. The number of nitrogens with zero attached hydrogens (tertiary/aromatic N) is 3. The van der Waals surface area contributed by atoms with Crippen molar-refractivity contribution in [3.8, 4) is 0 Å². The zero-order chi connectivity index (χ0) is 18.4. The van der Waals surface area contributed by atoms with Crippen molar-refractivity contribution in [2.45, 2.75) is 46.2 Å². The normalized spacial score (nSPS) is 12.2. The molecule has 0 radical (unpaired) electrons. The van der Waals surface area contributed by atoms with Crippen LogP contribution >= 0.6 is 0 Å². The maximum absolute atomic E-state index is 13.4. The maximum Gasteiger partial charge on any atom is 0.320 e. The summed E-state index contributed by atoms with van der Waals surface area (Å²) in [5.74, 6) is -0.288. The molecule has 0 spiro atoms. The number of hydrogen-bond donors (Lipinski definition) is 1. The van der Waals surface area contributed by atoms with Gasteiger partial charge in [0.25, 0.3) is 5.91 Å². The smallest absolute Gasteiger partial charge is 0.320 e.